The van der Waals surface area contributed by atoms with Crippen LogP contribution in [-0.2, 0) is 0 Å². The number of ether oxygens (including phenoxy) is 1. The van der Waals surface area contributed by atoms with E-state index in [0.717, 1.165) is 45.5 Å². The number of carbonyl (C=O) groups is 1. The van der Waals surface area contributed by atoms with Gasteiger partial charge < -0.3 is 15.0 Å². The third-order valence-corrected chi connectivity index (χ3v) is 5.37. The molecule has 0 fully saturated rings. The van der Waals surface area contributed by atoms with E-state index in [1.165, 1.54) is 11.3 Å². The highest BCUT2D eigenvalue weighted by molar-refractivity contribution is 7.19. The number of hydrogen-bond donors (Lipinski definition) is 1. The lowest BCUT2D eigenvalue weighted by Gasteiger charge is -2.09. The van der Waals surface area contributed by atoms with Crippen molar-refractivity contribution in [3.63, 3.8) is 0 Å². The number of benzene rings is 1. The first-order valence-electron chi connectivity index (χ1n) is 8.55. The third-order valence-electron chi connectivity index (χ3n) is 4.22. The predicted molar refractivity (Wildman–Crippen MR) is 105 cm³/mol. The van der Waals surface area contributed by atoms with Crippen molar-refractivity contribution >= 4 is 22.2 Å². The van der Waals surface area contributed by atoms with Crippen LogP contribution in [0, 0.1) is 6.92 Å². The van der Waals surface area contributed by atoms with E-state index >= 15 is 0 Å². The van der Waals surface area contributed by atoms with E-state index in [2.05, 4.69) is 15.2 Å². The van der Waals surface area contributed by atoms with E-state index in [-0.39, 0.29) is 5.91 Å². The van der Waals surface area contributed by atoms with Gasteiger partial charge in [-0.25, -0.2) is 4.98 Å². The molecule has 1 N–H and O–H groups in total. The SMILES string of the molecule is COc1ccc(-c2cn3c(C)c(C(=O)NCCCN(C)C)sc3n2)cc1. The molecule has 6 nitrogen and oxygen atoms in total. The zero-order valence-electron chi connectivity index (χ0n) is 15.6. The molecule has 26 heavy (non-hydrogen) atoms. The molecule has 3 rings (SSSR count). The van der Waals surface area contributed by atoms with Gasteiger partial charge in [-0.2, -0.15) is 0 Å². The number of imidazole rings is 1. The van der Waals surface area contributed by atoms with Gasteiger partial charge in [0.05, 0.1) is 12.8 Å². The highest BCUT2D eigenvalue weighted by atomic mass is 32.1. The van der Waals surface area contributed by atoms with Crippen molar-refractivity contribution in [2.45, 2.75) is 13.3 Å². The van der Waals surface area contributed by atoms with Crippen molar-refractivity contribution in [3.8, 4) is 17.0 Å². The van der Waals surface area contributed by atoms with Crippen LogP contribution in [0.2, 0.25) is 0 Å². The molecule has 1 amide bonds. The Hall–Kier alpha value is -2.38. The van der Waals surface area contributed by atoms with Crippen molar-refractivity contribution in [2.75, 3.05) is 34.3 Å². The van der Waals surface area contributed by atoms with Gasteiger partial charge in [-0.3, -0.25) is 9.20 Å². The second kappa shape index (κ2) is 7.88. The summed E-state index contributed by atoms with van der Waals surface area (Å²) in [5.74, 6) is 0.793. The lowest BCUT2D eigenvalue weighted by Crippen LogP contribution is -2.27. The Labute approximate surface area is 157 Å². The van der Waals surface area contributed by atoms with E-state index < -0.39 is 0 Å². The summed E-state index contributed by atoms with van der Waals surface area (Å²) < 4.78 is 7.18. The molecule has 0 aliphatic rings. The summed E-state index contributed by atoms with van der Waals surface area (Å²) >= 11 is 1.42. The fourth-order valence-corrected chi connectivity index (χ4v) is 3.76. The van der Waals surface area contributed by atoms with E-state index in [1.807, 2.05) is 55.9 Å². The standard InChI is InChI=1S/C19H24N4O2S/c1-13-17(18(24)20-10-5-11-22(2)3)26-19-21-16(12-23(13)19)14-6-8-15(25-4)9-7-14/h6-9,12H,5,10-11H2,1-4H3,(H,20,24). The maximum atomic E-state index is 12.4. The molecule has 0 atom stereocenters. The summed E-state index contributed by atoms with van der Waals surface area (Å²) in [5.41, 5.74) is 2.83. The van der Waals surface area contributed by atoms with Crippen molar-refractivity contribution in [2.24, 2.45) is 0 Å². The smallest absolute Gasteiger partial charge is 0.263 e. The molecule has 0 saturated heterocycles. The van der Waals surface area contributed by atoms with Gasteiger partial charge in [0.25, 0.3) is 5.91 Å². The Morgan fingerprint density at radius 1 is 1.31 bits per heavy atom. The van der Waals surface area contributed by atoms with Gasteiger partial charge in [0.1, 0.15) is 10.6 Å². The van der Waals surface area contributed by atoms with Crippen molar-refractivity contribution in [1.82, 2.24) is 19.6 Å². The molecule has 0 radical (unpaired) electrons. The van der Waals surface area contributed by atoms with Gasteiger partial charge in [0.2, 0.25) is 0 Å². The minimum Gasteiger partial charge on any atom is -0.497 e. The largest absolute Gasteiger partial charge is 0.497 e. The molecule has 0 bridgehead atoms. The van der Waals surface area contributed by atoms with Gasteiger partial charge in [0.15, 0.2) is 4.96 Å². The summed E-state index contributed by atoms with van der Waals surface area (Å²) in [4.78, 5) is 20.8. The second-order valence-electron chi connectivity index (χ2n) is 6.44. The van der Waals surface area contributed by atoms with E-state index in [9.17, 15) is 4.79 Å². The van der Waals surface area contributed by atoms with Crippen LogP contribution in [0.25, 0.3) is 16.2 Å². The predicted octanol–water partition coefficient (Wildman–Crippen LogP) is 3.06. The Kier molecular flexibility index (Phi) is 5.58. The Morgan fingerprint density at radius 2 is 2.04 bits per heavy atom. The first-order chi connectivity index (χ1) is 12.5. The number of thiazole rings is 1. The molecule has 3 aromatic rings. The fraction of sp³-hybridized carbons (Fsp3) is 0.368. The number of nitrogens with one attached hydrogen (secondary N) is 1. The molecule has 138 valence electrons. The highest BCUT2D eigenvalue weighted by Gasteiger charge is 2.17. The molecule has 0 spiro atoms. The average molecular weight is 372 g/mol. The average Bonchev–Trinajstić information content (AvgIpc) is 3.18. The quantitative estimate of drug-likeness (QED) is 0.648. The fourth-order valence-electron chi connectivity index (χ4n) is 2.74. The monoisotopic (exact) mass is 372 g/mol. The van der Waals surface area contributed by atoms with Crippen LogP contribution in [0.4, 0.5) is 0 Å². The molecule has 2 heterocycles. The molecular weight excluding hydrogens is 348 g/mol. The zero-order valence-corrected chi connectivity index (χ0v) is 16.4. The van der Waals surface area contributed by atoms with Crippen LogP contribution in [-0.4, -0.2) is 54.5 Å². The van der Waals surface area contributed by atoms with Crippen molar-refractivity contribution < 1.29 is 9.53 Å². The summed E-state index contributed by atoms with van der Waals surface area (Å²) in [6.07, 6.45) is 2.91. The highest BCUT2D eigenvalue weighted by Crippen LogP contribution is 2.28. The number of aromatic nitrogens is 2. The number of amides is 1. The maximum Gasteiger partial charge on any atom is 0.263 e. The van der Waals surface area contributed by atoms with Crippen LogP contribution in [0.3, 0.4) is 0 Å². The first-order valence-corrected chi connectivity index (χ1v) is 9.37. The lowest BCUT2D eigenvalue weighted by atomic mass is 10.2. The second-order valence-corrected chi connectivity index (χ2v) is 7.41. The first kappa shape index (κ1) is 18.4. The molecule has 0 saturated carbocycles. The summed E-state index contributed by atoms with van der Waals surface area (Å²) in [6, 6.07) is 7.81. The number of aryl methyl sites for hydroxylation is 1. The van der Waals surface area contributed by atoms with E-state index in [1.54, 1.807) is 7.11 Å². The van der Waals surface area contributed by atoms with E-state index in [0.29, 0.717) is 6.54 Å². The van der Waals surface area contributed by atoms with Gasteiger partial charge in [-0.15, -0.1) is 0 Å². The molecular formula is C19H24N4O2S. The molecule has 0 aliphatic heterocycles. The molecule has 7 heteroatoms. The number of methoxy groups -OCH3 is 1. The molecule has 0 aliphatic carbocycles. The minimum atomic E-state index is -0.0252. The number of carbonyl (C=O) groups excluding carboxylic acids is 1. The summed E-state index contributed by atoms with van der Waals surface area (Å²) in [6.45, 7) is 3.59. The molecule has 1 aromatic carbocycles. The number of rotatable bonds is 7. The van der Waals surface area contributed by atoms with Crippen molar-refractivity contribution in [1.29, 1.82) is 0 Å². The summed E-state index contributed by atoms with van der Waals surface area (Å²) in [5, 5.41) is 2.99. The number of hydrogen-bond acceptors (Lipinski definition) is 5. The zero-order chi connectivity index (χ0) is 18.7. The maximum absolute atomic E-state index is 12.4. The lowest BCUT2D eigenvalue weighted by molar-refractivity contribution is 0.0955. The summed E-state index contributed by atoms with van der Waals surface area (Å²) in [7, 11) is 5.71. The van der Waals surface area contributed by atoms with Gasteiger partial charge >= 0.3 is 0 Å². The van der Waals surface area contributed by atoms with Gasteiger partial charge in [0, 0.05) is 24.0 Å². The van der Waals surface area contributed by atoms with Crippen LogP contribution in [0.15, 0.2) is 30.5 Å². The number of nitrogens with zero attached hydrogens (tertiary/aromatic N) is 3. The Morgan fingerprint density at radius 3 is 2.65 bits per heavy atom. The van der Waals surface area contributed by atoms with Crippen LogP contribution in [0.1, 0.15) is 21.8 Å². The third kappa shape index (κ3) is 3.89. The van der Waals surface area contributed by atoms with Gasteiger partial charge in [-0.05, 0) is 58.3 Å². The minimum absolute atomic E-state index is 0.0252. The Balaban J connectivity index is 1.75. The van der Waals surface area contributed by atoms with Crippen molar-refractivity contribution in [3.05, 3.63) is 41.0 Å². The topological polar surface area (TPSA) is 58.9 Å². The van der Waals surface area contributed by atoms with Crippen LogP contribution < -0.4 is 10.1 Å². The van der Waals surface area contributed by atoms with Crippen LogP contribution in [0.5, 0.6) is 5.75 Å². The molecule has 2 aromatic heterocycles. The number of fused-ring (bicyclic) bond motifs is 1. The molecule has 0 unspecified atom stereocenters. The van der Waals surface area contributed by atoms with E-state index in [4.69, 9.17) is 4.74 Å². The Bertz CT molecular complexity index is 896. The van der Waals surface area contributed by atoms with Gasteiger partial charge in [-0.1, -0.05) is 11.3 Å². The normalized spacial score (nSPS) is 11.3. The van der Waals surface area contributed by atoms with Crippen LogP contribution >= 0.6 is 11.3 Å².